The topological polar surface area (TPSA) is 77.6 Å². The van der Waals surface area contributed by atoms with Crippen LogP contribution in [0.3, 0.4) is 0 Å². The standard InChI is InChI=1S/C15H18N6O/c1-10-12(11(2)20(3)18-10)8-16-15(22)9-21-14-7-5-4-6-13(14)17-19-21/h4-7H,8-9H2,1-3H3,(H,16,22). The van der Waals surface area contributed by atoms with Gasteiger partial charge in [0.1, 0.15) is 12.1 Å². The number of carbonyl (C=O) groups excluding carboxylic acids is 1. The predicted octanol–water partition coefficient (Wildman–Crippen LogP) is 1.10. The van der Waals surface area contributed by atoms with Gasteiger partial charge in [0.2, 0.25) is 5.91 Å². The lowest BCUT2D eigenvalue weighted by atomic mass is 10.2. The molecular weight excluding hydrogens is 280 g/mol. The van der Waals surface area contributed by atoms with Crippen molar-refractivity contribution < 1.29 is 4.79 Å². The van der Waals surface area contributed by atoms with Crippen molar-refractivity contribution in [3.05, 3.63) is 41.2 Å². The third-order valence-corrected chi connectivity index (χ3v) is 3.83. The highest BCUT2D eigenvalue weighted by atomic mass is 16.2. The number of aromatic nitrogens is 5. The van der Waals surface area contributed by atoms with Gasteiger partial charge in [-0.1, -0.05) is 17.3 Å². The van der Waals surface area contributed by atoms with Crippen molar-refractivity contribution in [3.8, 4) is 0 Å². The summed E-state index contributed by atoms with van der Waals surface area (Å²) in [5.74, 6) is -0.0988. The first kappa shape index (κ1) is 14.2. The van der Waals surface area contributed by atoms with Crippen LogP contribution in [0.4, 0.5) is 0 Å². The third-order valence-electron chi connectivity index (χ3n) is 3.83. The van der Waals surface area contributed by atoms with Crippen LogP contribution in [-0.4, -0.2) is 30.7 Å². The Morgan fingerprint density at radius 1 is 1.27 bits per heavy atom. The normalized spacial score (nSPS) is 11.0. The van der Waals surface area contributed by atoms with E-state index in [4.69, 9.17) is 0 Å². The molecule has 1 amide bonds. The van der Waals surface area contributed by atoms with Gasteiger partial charge in [-0.05, 0) is 26.0 Å². The quantitative estimate of drug-likeness (QED) is 0.782. The van der Waals surface area contributed by atoms with Crippen LogP contribution in [0.5, 0.6) is 0 Å². The van der Waals surface area contributed by atoms with Crippen LogP contribution in [0.2, 0.25) is 0 Å². The van der Waals surface area contributed by atoms with E-state index in [2.05, 4.69) is 20.7 Å². The molecule has 7 heteroatoms. The number of hydrogen-bond donors (Lipinski definition) is 1. The van der Waals surface area contributed by atoms with Crippen LogP contribution in [0.15, 0.2) is 24.3 Å². The van der Waals surface area contributed by atoms with Gasteiger partial charge in [0.05, 0.1) is 11.2 Å². The number of nitrogens with zero attached hydrogens (tertiary/aromatic N) is 5. The number of aryl methyl sites for hydroxylation is 2. The highest BCUT2D eigenvalue weighted by Crippen LogP contribution is 2.12. The molecule has 22 heavy (non-hydrogen) atoms. The van der Waals surface area contributed by atoms with Crippen LogP contribution in [-0.2, 0) is 24.9 Å². The molecule has 0 unspecified atom stereocenters. The Balaban J connectivity index is 1.68. The maximum Gasteiger partial charge on any atom is 0.242 e. The van der Waals surface area contributed by atoms with E-state index in [0.717, 1.165) is 28.0 Å². The Morgan fingerprint density at radius 2 is 2.05 bits per heavy atom. The summed E-state index contributed by atoms with van der Waals surface area (Å²) < 4.78 is 3.43. The maximum absolute atomic E-state index is 12.1. The zero-order valence-corrected chi connectivity index (χ0v) is 12.9. The first-order valence-electron chi connectivity index (χ1n) is 7.10. The molecule has 0 spiro atoms. The summed E-state index contributed by atoms with van der Waals surface area (Å²) in [4.78, 5) is 12.1. The van der Waals surface area contributed by atoms with Crippen molar-refractivity contribution in [1.29, 1.82) is 0 Å². The SMILES string of the molecule is Cc1nn(C)c(C)c1CNC(=O)Cn1nnc2ccccc21. The highest BCUT2D eigenvalue weighted by molar-refractivity contribution is 5.79. The minimum atomic E-state index is -0.0988. The van der Waals surface area contributed by atoms with E-state index in [1.54, 1.807) is 4.68 Å². The first-order chi connectivity index (χ1) is 10.6. The number of para-hydroxylation sites is 1. The fourth-order valence-electron chi connectivity index (χ4n) is 2.49. The molecule has 1 N–H and O–H groups in total. The van der Waals surface area contributed by atoms with Crippen LogP contribution >= 0.6 is 0 Å². The molecule has 0 saturated carbocycles. The van der Waals surface area contributed by atoms with E-state index in [0.29, 0.717) is 6.54 Å². The molecule has 0 atom stereocenters. The predicted molar refractivity (Wildman–Crippen MR) is 82.1 cm³/mol. The first-order valence-corrected chi connectivity index (χ1v) is 7.10. The zero-order chi connectivity index (χ0) is 15.7. The van der Waals surface area contributed by atoms with Crippen molar-refractivity contribution in [3.63, 3.8) is 0 Å². The van der Waals surface area contributed by atoms with Gasteiger partial charge >= 0.3 is 0 Å². The molecule has 0 aliphatic carbocycles. The van der Waals surface area contributed by atoms with Gasteiger partial charge in [0, 0.05) is 24.8 Å². The second kappa shape index (κ2) is 5.59. The van der Waals surface area contributed by atoms with Crippen LogP contribution in [0, 0.1) is 13.8 Å². The molecule has 7 nitrogen and oxygen atoms in total. The number of amides is 1. The van der Waals surface area contributed by atoms with E-state index >= 15 is 0 Å². The molecule has 0 saturated heterocycles. The van der Waals surface area contributed by atoms with Gasteiger partial charge in [0.25, 0.3) is 0 Å². The van der Waals surface area contributed by atoms with E-state index in [1.807, 2.05) is 49.8 Å². The molecule has 3 aromatic rings. The largest absolute Gasteiger partial charge is 0.350 e. The fraction of sp³-hybridized carbons (Fsp3) is 0.333. The van der Waals surface area contributed by atoms with E-state index < -0.39 is 0 Å². The Hall–Kier alpha value is -2.70. The smallest absolute Gasteiger partial charge is 0.242 e. The second-order valence-electron chi connectivity index (χ2n) is 5.29. The molecule has 2 aromatic heterocycles. The summed E-state index contributed by atoms with van der Waals surface area (Å²) in [6, 6.07) is 7.58. The van der Waals surface area contributed by atoms with Gasteiger partial charge in [0.15, 0.2) is 0 Å². The number of fused-ring (bicyclic) bond motifs is 1. The molecule has 0 radical (unpaired) electrons. The second-order valence-corrected chi connectivity index (χ2v) is 5.29. The molecule has 2 heterocycles. The number of rotatable bonds is 4. The van der Waals surface area contributed by atoms with Gasteiger partial charge in [-0.3, -0.25) is 9.48 Å². The number of nitrogens with one attached hydrogen (secondary N) is 1. The van der Waals surface area contributed by atoms with Crippen LogP contribution in [0.25, 0.3) is 11.0 Å². The van der Waals surface area contributed by atoms with Gasteiger partial charge < -0.3 is 5.32 Å². The summed E-state index contributed by atoms with van der Waals surface area (Å²) in [5.41, 5.74) is 4.69. The summed E-state index contributed by atoms with van der Waals surface area (Å²) in [5, 5.41) is 15.3. The lowest BCUT2D eigenvalue weighted by molar-refractivity contribution is -0.121. The Kier molecular flexibility index (Phi) is 3.62. The van der Waals surface area contributed by atoms with Gasteiger partial charge in [-0.15, -0.1) is 5.10 Å². The van der Waals surface area contributed by atoms with Crippen LogP contribution < -0.4 is 5.32 Å². The number of benzene rings is 1. The summed E-state index contributed by atoms with van der Waals surface area (Å²) >= 11 is 0. The average Bonchev–Trinajstić information content (AvgIpc) is 3.00. The van der Waals surface area contributed by atoms with Crippen molar-refractivity contribution in [2.24, 2.45) is 7.05 Å². The number of hydrogen-bond acceptors (Lipinski definition) is 4. The van der Waals surface area contributed by atoms with Crippen molar-refractivity contribution in [2.45, 2.75) is 26.9 Å². The minimum absolute atomic E-state index is 0.0988. The summed E-state index contributed by atoms with van der Waals surface area (Å²) in [6.45, 7) is 4.56. The summed E-state index contributed by atoms with van der Waals surface area (Å²) in [7, 11) is 1.90. The lowest BCUT2D eigenvalue weighted by Crippen LogP contribution is -2.28. The fourth-order valence-corrected chi connectivity index (χ4v) is 2.49. The van der Waals surface area contributed by atoms with Crippen LogP contribution in [0.1, 0.15) is 17.0 Å². The Labute approximate surface area is 127 Å². The molecule has 0 bridgehead atoms. The molecule has 0 aliphatic heterocycles. The molecule has 0 fully saturated rings. The Bertz CT molecular complexity index is 832. The monoisotopic (exact) mass is 298 g/mol. The van der Waals surface area contributed by atoms with E-state index in [1.165, 1.54) is 0 Å². The van der Waals surface area contributed by atoms with E-state index in [-0.39, 0.29) is 12.5 Å². The third kappa shape index (κ3) is 2.57. The van der Waals surface area contributed by atoms with Crippen molar-refractivity contribution >= 4 is 16.9 Å². The molecule has 3 rings (SSSR count). The average molecular weight is 298 g/mol. The molecule has 0 aliphatic rings. The van der Waals surface area contributed by atoms with Gasteiger partial charge in [-0.2, -0.15) is 5.10 Å². The van der Waals surface area contributed by atoms with Crippen molar-refractivity contribution in [2.75, 3.05) is 0 Å². The lowest BCUT2D eigenvalue weighted by Gasteiger charge is -2.06. The number of carbonyl (C=O) groups is 1. The van der Waals surface area contributed by atoms with E-state index in [9.17, 15) is 4.79 Å². The minimum Gasteiger partial charge on any atom is -0.350 e. The highest BCUT2D eigenvalue weighted by Gasteiger charge is 2.12. The molecular formula is C15H18N6O. The molecule has 114 valence electrons. The van der Waals surface area contributed by atoms with Gasteiger partial charge in [-0.25, -0.2) is 4.68 Å². The molecule has 1 aromatic carbocycles. The van der Waals surface area contributed by atoms with Crippen molar-refractivity contribution in [1.82, 2.24) is 30.1 Å². The zero-order valence-electron chi connectivity index (χ0n) is 12.9. The maximum atomic E-state index is 12.1. The Morgan fingerprint density at radius 3 is 2.77 bits per heavy atom. The summed E-state index contributed by atoms with van der Waals surface area (Å²) in [6.07, 6.45) is 0.